The summed E-state index contributed by atoms with van der Waals surface area (Å²) in [5.41, 5.74) is 0.171. The second-order valence-corrected chi connectivity index (χ2v) is 10.9. The van der Waals surface area contributed by atoms with Crippen molar-refractivity contribution in [2.75, 3.05) is 13.2 Å². The summed E-state index contributed by atoms with van der Waals surface area (Å²) in [7, 11) is 0. The Balaban J connectivity index is 1.50. The van der Waals surface area contributed by atoms with Gasteiger partial charge in [-0.15, -0.1) is 0 Å². The average molecular weight is 669 g/mol. The summed E-state index contributed by atoms with van der Waals surface area (Å²) >= 11 is 0. The number of aliphatic carboxylic acids is 1. The molecule has 0 spiro atoms. The Morgan fingerprint density at radius 2 is 1.60 bits per heavy atom. The number of carboxylic acid groups (broad SMARTS) is 1. The summed E-state index contributed by atoms with van der Waals surface area (Å²) < 4.78 is 33.7. The second kappa shape index (κ2) is 13.8. The summed E-state index contributed by atoms with van der Waals surface area (Å²) in [6, 6.07) is 5.82. The molecule has 10 N–H and O–H groups in total. The zero-order valence-electron chi connectivity index (χ0n) is 24.1. The second-order valence-electron chi connectivity index (χ2n) is 10.9. The highest BCUT2D eigenvalue weighted by Crippen LogP contribution is 2.45. The molecule has 5 rings (SSSR count). The van der Waals surface area contributed by atoms with Crippen LogP contribution in [0.2, 0.25) is 0 Å². The molecule has 10 atom stereocenters. The van der Waals surface area contributed by atoms with E-state index in [4.69, 9.17) is 33.5 Å². The topological polar surface area (TPSA) is 292 Å². The molecule has 2 aromatic carbocycles. The van der Waals surface area contributed by atoms with E-state index in [9.17, 15) is 55.5 Å². The van der Waals surface area contributed by atoms with Gasteiger partial charge in [-0.3, -0.25) is 9.59 Å². The number of aromatic hydroxyl groups is 4. The molecule has 0 saturated carbocycles. The van der Waals surface area contributed by atoms with Crippen LogP contribution in [0.25, 0.3) is 6.08 Å². The first kappa shape index (κ1) is 33.9. The van der Waals surface area contributed by atoms with Gasteiger partial charge >= 0.3 is 11.9 Å². The fourth-order valence-electron chi connectivity index (χ4n) is 5.10. The number of fused-ring (bicyclic) bond motifs is 1. The predicted molar refractivity (Wildman–Crippen MR) is 148 cm³/mol. The van der Waals surface area contributed by atoms with Gasteiger partial charge in [-0.1, -0.05) is 6.07 Å². The highest BCUT2D eigenvalue weighted by Gasteiger charge is 2.51. The summed E-state index contributed by atoms with van der Waals surface area (Å²) in [4.78, 5) is 22.7. The third-order valence-electron chi connectivity index (χ3n) is 7.54. The van der Waals surface area contributed by atoms with Crippen molar-refractivity contribution in [2.24, 2.45) is 0 Å². The predicted octanol–water partition coefficient (Wildman–Crippen LogP) is -1.71. The molecule has 3 heterocycles. The molecule has 2 saturated heterocycles. The maximum Gasteiger partial charge on any atom is 0.317 e. The molecule has 2 fully saturated rings. The number of benzene rings is 2. The van der Waals surface area contributed by atoms with E-state index in [1.165, 1.54) is 18.2 Å². The number of phenols is 4. The monoisotopic (exact) mass is 668 g/mol. The van der Waals surface area contributed by atoms with Gasteiger partial charge in [0.2, 0.25) is 6.29 Å². The molecule has 0 amide bonds. The molecular formula is C29H32O18. The van der Waals surface area contributed by atoms with Gasteiger partial charge in [0.05, 0.1) is 12.2 Å². The number of rotatable bonds is 9. The van der Waals surface area contributed by atoms with E-state index in [1.807, 2.05) is 0 Å². The molecule has 0 radical (unpaired) electrons. The number of esters is 1. The smallest absolute Gasteiger partial charge is 0.317 e. The van der Waals surface area contributed by atoms with E-state index in [-0.39, 0.29) is 28.4 Å². The maximum atomic E-state index is 11.9. The van der Waals surface area contributed by atoms with Crippen molar-refractivity contribution in [3.05, 3.63) is 47.2 Å². The minimum Gasteiger partial charge on any atom is -0.508 e. The largest absolute Gasteiger partial charge is 0.508 e. The Morgan fingerprint density at radius 1 is 0.851 bits per heavy atom. The van der Waals surface area contributed by atoms with Crippen molar-refractivity contribution in [2.45, 2.75) is 67.8 Å². The minimum absolute atomic E-state index is 0.00760. The summed E-state index contributed by atoms with van der Waals surface area (Å²) in [5, 5.41) is 102. The maximum absolute atomic E-state index is 11.9. The lowest BCUT2D eigenvalue weighted by atomic mass is 9.97. The summed E-state index contributed by atoms with van der Waals surface area (Å²) in [6.45, 7) is -1.25. The van der Waals surface area contributed by atoms with Gasteiger partial charge in [-0.2, -0.15) is 0 Å². The summed E-state index contributed by atoms with van der Waals surface area (Å²) in [5.74, 6) is -4.72. The highest BCUT2D eigenvalue weighted by molar-refractivity contribution is 5.90. The molecule has 18 nitrogen and oxygen atoms in total. The van der Waals surface area contributed by atoms with Gasteiger partial charge in [0, 0.05) is 17.7 Å². The zero-order valence-corrected chi connectivity index (χ0v) is 24.1. The van der Waals surface area contributed by atoms with Crippen molar-refractivity contribution >= 4 is 18.0 Å². The Labute approximate surface area is 264 Å². The molecule has 47 heavy (non-hydrogen) atoms. The van der Waals surface area contributed by atoms with E-state index < -0.39 is 110 Å². The van der Waals surface area contributed by atoms with E-state index in [2.05, 4.69) is 0 Å². The van der Waals surface area contributed by atoms with Gasteiger partial charge in [-0.25, -0.2) is 0 Å². The van der Waals surface area contributed by atoms with Gasteiger partial charge in [0.25, 0.3) is 0 Å². The lowest BCUT2D eigenvalue weighted by Crippen LogP contribution is -2.63. The number of aliphatic hydroxyl groups excluding tert-OH is 5. The first-order valence-electron chi connectivity index (χ1n) is 14.1. The van der Waals surface area contributed by atoms with Crippen LogP contribution in [-0.4, -0.2) is 132 Å². The fraction of sp³-hybridized carbons (Fsp3) is 0.448. The van der Waals surface area contributed by atoms with E-state index >= 15 is 0 Å². The van der Waals surface area contributed by atoms with Crippen LogP contribution in [0.3, 0.4) is 0 Å². The van der Waals surface area contributed by atoms with Crippen molar-refractivity contribution in [1.82, 2.24) is 0 Å². The molecule has 0 aliphatic carbocycles. The molecule has 3 aliphatic heterocycles. The number of carbonyl (C=O) groups excluding carboxylic acids is 1. The van der Waals surface area contributed by atoms with Crippen molar-refractivity contribution in [1.29, 1.82) is 0 Å². The van der Waals surface area contributed by atoms with Gasteiger partial charge in [0.15, 0.2) is 30.0 Å². The number of phenolic OH excluding ortho intramolecular Hbond substituents is 4. The van der Waals surface area contributed by atoms with Gasteiger partial charge in [0.1, 0.15) is 72.7 Å². The van der Waals surface area contributed by atoms with Crippen LogP contribution in [0.15, 0.2) is 36.1 Å². The third-order valence-corrected chi connectivity index (χ3v) is 7.54. The average Bonchev–Trinajstić information content (AvgIpc) is 3.01. The van der Waals surface area contributed by atoms with Crippen LogP contribution < -0.4 is 4.74 Å². The lowest BCUT2D eigenvalue weighted by Gasteiger charge is -2.45. The Bertz CT molecular complexity index is 1510. The van der Waals surface area contributed by atoms with Crippen LogP contribution in [0, 0.1) is 0 Å². The number of hydrogen-bond donors (Lipinski definition) is 10. The minimum atomic E-state index is -1.95. The van der Waals surface area contributed by atoms with E-state index in [0.717, 1.165) is 18.2 Å². The molecule has 18 heteroatoms. The highest BCUT2D eigenvalue weighted by atomic mass is 16.8. The van der Waals surface area contributed by atoms with Crippen LogP contribution in [0.5, 0.6) is 28.7 Å². The first-order chi connectivity index (χ1) is 22.2. The summed E-state index contributed by atoms with van der Waals surface area (Å²) in [6.07, 6.45) is -16.7. The quantitative estimate of drug-likeness (QED) is 0.0808. The van der Waals surface area contributed by atoms with Crippen molar-refractivity contribution in [3.63, 3.8) is 0 Å². The van der Waals surface area contributed by atoms with Crippen molar-refractivity contribution in [3.8, 4) is 28.7 Å². The number of carboxylic acids is 1. The number of carbonyl (C=O) groups is 2. The van der Waals surface area contributed by atoms with Crippen LogP contribution in [0.4, 0.5) is 0 Å². The van der Waals surface area contributed by atoms with Crippen LogP contribution in [-0.2, 0) is 33.3 Å². The Kier molecular flexibility index (Phi) is 9.94. The fourth-order valence-corrected chi connectivity index (χ4v) is 5.10. The molecule has 2 aromatic rings. The number of ether oxygens (including phenoxy) is 6. The SMILES string of the molecule is O=C(O)CC(=O)OCC1OC(OC2=Cc3c(O)cc(O)cc3OC2c2ccc(O)c(O)c2)C(OC2OCC(O)C(O)C2O)C(O)C1O. The van der Waals surface area contributed by atoms with Crippen LogP contribution in [0.1, 0.15) is 23.7 Å². The Morgan fingerprint density at radius 3 is 2.30 bits per heavy atom. The van der Waals surface area contributed by atoms with E-state index in [1.54, 1.807) is 0 Å². The normalized spacial score (nSPS) is 32.0. The molecule has 0 aromatic heterocycles. The third kappa shape index (κ3) is 7.29. The Hall–Kier alpha value is -4.40. The molecular weight excluding hydrogens is 636 g/mol. The van der Waals surface area contributed by atoms with Gasteiger partial charge < -0.3 is 79.5 Å². The zero-order chi connectivity index (χ0) is 34.2. The number of hydrogen-bond acceptors (Lipinski definition) is 17. The molecule has 10 unspecified atom stereocenters. The first-order valence-corrected chi connectivity index (χ1v) is 14.1. The molecule has 256 valence electrons. The van der Waals surface area contributed by atoms with Gasteiger partial charge in [-0.05, 0) is 18.2 Å². The van der Waals surface area contributed by atoms with Crippen LogP contribution >= 0.6 is 0 Å². The standard InChI is InChI=1S/C29H32O18/c30-11-4-14(32)12-6-18(26(44-17(12)5-11)10-1-2-13(31)15(33)3-10)45-29-27(47-28-25(41)22(38)16(34)8-43-28)24(40)23(39)19(46-29)9-42-21(37)7-20(35)36/h1-6,16,19,22-34,38-41H,7-9H2,(H,35,36). The number of aliphatic hydroxyl groups is 5. The van der Waals surface area contributed by atoms with E-state index in [0.29, 0.717) is 0 Å². The lowest BCUT2D eigenvalue weighted by molar-refractivity contribution is -0.352. The molecule has 3 aliphatic rings. The van der Waals surface area contributed by atoms with Crippen molar-refractivity contribution < 1.29 is 89.1 Å². The molecule has 0 bridgehead atoms.